The topological polar surface area (TPSA) is 60.2 Å². The molecular formula is C25H31F3N4O2. The Bertz CT molecular complexity index is 1020. The number of aromatic nitrogens is 3. The van der Waals surface area contributed by atoms with Crippen molar-refractivity contribution in [1.29, 1.82) is 0 Å². The van der Waals surface area contributed by atoms with E-state index >= 15 is 0 Å². The molecule has 2 aromatic rings. The molecule has 34 heavy (non-hydrogen) atoms. The fourth-order valence-electron chi connectivity index (χ4n) is 4.17. The van der Waals surface area contributed by atoms with Gasteiger partial charge >= 0.3 is 6.18 Å². The molecule has 0 unspecified atom stereocenters. The highest BCUT2D eigenvalue weighted by atomic mass is 19.4. The first-order valence-corrected chi connectivity index (χ1v) is 11.7. The molecule has 1 aliphatic rings. The molecule has 2 heterocycles. The van der Waals surface area contributed by atoms with Gasteiger partial charge in [-0.2, -0.15) is 13.2 Å². The average Bonchev–Trinajstić information content (AvgIpc) is 3.47. The number of halogens is 3. The molecule has 1 saturated heterocycles. The third kappa shape index (κ3) is 6.38. The summed E-state index contributed by atoms with van der Waals surface area (Å²) in [7, 11) is 0. The summed E-state index contributed by atoms with van der Waals surface area (Å²) in [6.07, 6.45) is -0.206. The standard InChI is InChI=1S/C25H31F3N4O2/c1-5-31(6-2)24(33)18(4)23-14-13-22(34-23)15-17(3)32-16-21(29-30-32)12-9-19-7-10-20(11-8-19)25(26,27)28/h7-8,10-11,16-18,22-23H,5-6,13-15H2,1-4H3/t17-,18-,22+,23-/m1/s1. The third-order valence-corrected chi connectivity index (χ3v) is 6.28. The van der Waals surface area contributed by atoms with E-state index < -0.39 is 11.7 Å². The van der Waals surface area contributed by atoms with Gasteiger partial charge in [-0.25, -0.2) is 4.68 Å². The number of amides is 1. The van der Waals surface area contributed by atoms with Crippen LogP contribution in [0.25, 0.3) is 0 Å². The van der Waals surface area contributed by atoms with Crippen molar-refractivity contribution in [3.8, 4) is 11.8 Å². The smallest absolute Gasteiger partial charge is 0.374 e. The second kappa shape index (κ2) is 11.0. The van der Waals surface area contributed by atoms with Crippen molar-refractivity contribution in [1.82, 2.24) is 19.9 Å². The fourth-order valence-corrected chi connectivity index (χ4v) is 4.17. The van der Waals surface area contributed by atoms with Crippen molar-refractivity contribution in [2.24, 2.45) is 5.92 Å². The van der Waals surface area contributed by atoms with E-state index in [0.717, 1.165) is 31.4 Å². The maximum atomic E-state index is 12.7. The Morgan fingerprint density at radius 3 is 2.47 bits per heavy atom. The molecule has 184 valence electrons. The zero-order valence-corrected chi connectivity index (χ0v) is 20.0. The lowest BCUT2D eigenvalue weighted by atomic mass is 9.99. The Morgan fingerprint density at radius 1 is 1.18 bits per heavy atom. The molecule has 1 fully saturated rings. The van der Waals surface area contributed by atoms with Crippen molar-refractivity contribution in [2.45, 2.75) is 71.4 Å². The summed E-state index contributed by atoms with van der Waals surface area (Å²) >= 11 is 0. The van der Waals surface area contributed by atoms with Crippen molar-refractivity contribution in [2.75, 3.05) is 13.1 Å². The van der Waals surface area contributed by atoms with Crippen molar-refractivity contribution < 1.29 is 22.7 Å². The van der Waals surface area contributed by atoms with E-state index in [9.17, 15) is 18.0 Å². The lowest BCUT2D eigenvalue weighted by Crippen LogP contribution is -2.39. The Morgan fingerprint density at radius 2 is 1.85 bits per heavy atom. The summed E-state index contributed by atoms with van der Waals surface area (Å²) in [4.78, 5) is 14.5. The summed E-state index contributed by atoms with van der Waals surface area (Å²) < 4.78 is 45.9. The second-order valence-electron chi connectivity index (χ2n) is 8.67. The maximum absolute atomic E-state index is 12.7. The first-order chi connectivity index (χ1) is 16.1. The lowest BCUT2D eigenvalue weighted by molar-refractivity contribution is -0.139. The van der Waals surface area contributed by atoms with Crippen LogP contribution in [0.2, 0.25) is 0 Å². The third-order valence-electron chi connectivity index (χ3n) is 6.28. The van der Waals surface area contributed by atoms with Gasteiger partial charge in [-0.3, -0.25) is 4.79 Å². The number of ether oxygens (including phenoxy) is 1. The van der Waals surface area contributed by atoms with Gasteiger partial charge in [0.1, 0.15) is 0 Å². The molecule has 6 nitrogen and oxygen atoms in total. The van der Waals surface area contributed by atoms with Gasteiger partial charge in [-0.05, 0) is 70.2 Å². The number of carbonyl (C=O) groups excluding carboxylic acids is 1. The first kappa shape index (κ1) is 25.8. The van der Waals surface area contributed by atoms with E-state index in [-0.39, 0.29) is 30.1 Å². The summed E-state index contributed by atoms with van der Waals surface area (Å²) in [5.41, 5.74) is 0.200. The van der Waals surface area contributed by atoms with Crippen LogP contribution in [0, 0.1) is 17.8 Å². The molecule has 0 N–H and O–H groups in total. The molecular weight excluding hydrogens is 445 g/mol. The van der Waals surface area contributed by atoms with Gasteiger partial charge in [0.05, 0.1) is 35.9 Å². The van der Waals surface area contributed by atoms with Gasteiger partial charge in [0, 0.05) is 18.7 Å². The summed E-state index contributed by atoms with van der Waals surface area (Å²) in [5, 5.41) is 8.20. The molecule has 0 saturated carbocycles. The highest BCUT2D eigenvalue weighted by Gasteiger charge is 2.35. The molecule has 3 rings (SSSR count). The van der Waals surface area contributed by atoms with Crippen LogP contribution >= 0.6 is 0 Å². The van der Waals surface area contributed by atoms with E-state index in [1.807, 2.05) is 32.6 Å². The number of rotatable bonds is 7. The Hall–Kier alpha value is -2.86. The molecule has 0 spiro atoms. The minimum atomic E-state index is -4.37. The second-order valence-corrected chi connectivity index (χ2v) is 8.67. The van der Waals surface area contributed by atoms with Crippen molar-refractivity contribution >= 4 is 5.91 Å². The van der Waals surface area contributed by atoms with Gasteiger partial charge in [0.15, 0.2) is 5.69 Å². The van der Waals surface area contributed by atoms with E-state index in [0.29, 0.717) is 24.3 Å². The van der Waals surface area contributed by atoms with E-state index in [1.54, 1.807) is 10.9 Å². The minimum absolute atomic E-state index is 0.0201. The van der Waals surface area contributed by atoms with Crippen molar-refractivity contribution in [3.05, 3.63) is 47.3 Å². The average molecular weight is 477 g/mol. The van der Waals surface area contributed by atoms with Crippen molar-refractivity contribution in [3.63, 3.8) is 0 Å². The molecule has 0 bridgehead atoms. The SMILES string of the molecule is CCN(CC)C(=O)[C@H](C)[C@H]1CC[C@@H](C[C@@H](C)n2cc(C#Cc3ccc(C(F)(F)F)cc3)nn2)O1. The van der Waals surface area contributed by atoms with E-state index in [2.05, 4.69) is 22.2 Å². The number of hydrogen-bond acceptors (Lipinski definition) is 4. The molecule has 0 radical (unpaired) electrons. The van der Waals surface area contributed by atoms with Crippen LogP contribution in [0.3, 0.4) is 0 Å². The van der Waals surface area contributed by atoms with Crippen LogP contribution in [0.15, 0.2) is 30.5 Å². The quantitative estimate of drug-likeness (QED) is 0.544. The molecule has 0 aliphatic carbocycles. The van der Waals surface area contributed by atoms with Crippen LogP contribution in [0.4, 0.5) is 13.2 Å². The van der Waals surface area contributed by atoms with Gasteiger partial charge in [-0.1, -0.05) is 18.1 Å². The fraction of sp³-hybridized carbons (Fsp3) is 0.560. The number of carbonyl (C=O) groups is 1. The zero-order chi connectivity index (χ0) is 24.9. The largest absolute Gasteiger partial charge is 0.416 e. The molecule has 1 aliphatic heterocycles. The molecule has 1 aromatic carbocycles. The first-order valence-electron chi connectivity index (χ1n) is 11.7. The number of nitrogens with zero attached hydrogens (tertiary/aromatic N) is 4. The van der Waals surface area contributed by atoms with Gasteiger partial charge in [-0.15, -0.1) is 5.10 Å². The van der Waals surface area contributed by atoms with Crippen LogP contribution in [-0.2, 0) is 15.7 Å². The molecule has 9 heteroatoms. The van der Waals surface area contributed by atoms with Crippen LogP contribution in [0.5, 0.6) is 0 Å². The number of alkyl halides is 3. The Kier molecular flexibility index (Phi) is 8.37. The Balaban J connectivity index is 1.55. The van der Waals surface area contributed by atoms with E-state index in [4.69, 9.17) is 4.74 Å². The monoisotopic (exact) mass is 476 g/mol. The summed E-state index contributed by atoms with van der Waals surface area (Å²) in [6.45, 7) is 9.31. The number of benzene rings is 1. The minimum Gasteiger partial charge on any atom is -0.374 e. The van der Waals surface area contributed by atoms with Gasteiger partial charge in [0.2, 0.25) is 5.91 Å². The predicted molar refractivity (Wildman–Crippen MR) is 122 cm³/mol. The molecule has 1 amide bonds. The highest BCUT2D eigenvalue weighted by molar-refractivity contribution is 5.79. The van der Waals surface area contributed by atoms with Crippen LogP contribution < -0.4 is 0 Å². The normalized spacial score (nSPS) is 19.9. The Labute approximate surface area is 198 Å². The van der Waals surface area contributed by atoms with Crippen LogP contribution in [0.1, 0.15) is 69.8 Å². The number of hydrogen-bond donors (Lipinski definition) is 0. The lowest BCUT2D eigenvalue weighted by Gasteiger charge is -2.26. The summed E-state index contributed by atoms with van der Waals surface area (Å²) in [5.74, 6) is 5.63. The summed E-state index contributed by atoms with van der Waals surface area (Å²) in [6, 6.07) is 4.71. The predicted octanol–water partition coefficient (Wildman–Crippen LogP) is 4.70. The highest BCUT2D eigenvalue weighted by Crippen LogP contribution is 2.31. The zero-order valence-electron chi connectivity index (χ0n) is 20.0. The van der Waals surface area contributed by atoms with Gasteiger partial charge < -0.3 is 9.64 Å². The molecule has 4 atom stereocenters. The maximum Gasteiger partial charge on any atom is 0.416 e. The van der Waals surface area contributed by atoms with Crippen LogP contribution in [-0.4, -0.2) is 51.1 Å². The molecule has 1 aromatic heterocycles. The van der Waals surface area contributed by atoms with Gasteiger partial charge in [0.25, 0.3) is 0 Å². The van der Waals surface area contributed by atoms with E-state index in [1.165, 1.54) is 12.1 Å².